The molecule has 120 valence electrons. The maximum Gasteiger partial charge on any atom is 0.387 e. The number of aromatic hydroxyl groups is 1. The summed E-state index contributed by atoms with van der Waals surface area (Å²) in [7, 11) is 0. The van der Waals surface area contributed by atoms with Crippen molar-refractivity contribution in [1.29, 1.82) is 0 Å². The van der Waals surface area contributed by atoms with E-state index in [2.05, 4.69) is 31.2 Å². The van der Waals surface area contributed by atoms with E-state index in [4.69, 9.17) is 0 Å². The van der Waals surface area contributed by atoms with Gasteiger partial charge < -0.3 is 9.84 Å². The molecule has 0 unspecified atom stereocenters. The van der Waals surface area contributed by atoms with Crippen LogP contribution in [-0.2, 0) is 0 Å². The molecule has 1 amide bonds. The molecule has 0 fully saturated rings. The number of hydrogen-bond donors (Lipinski definition) is 2. The van der Waals surface area contributed by atoms with E-state index in [1.165, 1.54) is 36.5 Å². The highest BCUT2D eigenvalue weighted by Crippen LogP contribution is 2.20. The SMILES string of the molecule is O=C(N/N=C\c1ccc(Br)cc1O)c1ccc(OC(F)F)cc1. The molecule has 0 saturated heterocycles. The van der Waals surface area contributed by atoms with Crippen LogP contribution in [0.2, 0.25) is 0 Å². The van der Waals surface area contributed by atoms with E-state index < -0.39 is 12.5 Å². The Kier molecular flexibility index (Phi) is 5.64. The fourth-order valence-corrected chi connectivity index (χ4v) is 1.99. The summed E-state index contributed by atoms with van der Waals surface area (Å²) >= 11 is 3.21. The highest BCUT2D eigenvalue weighted by atomic mass is 79.9. The molecule has 0 aliphatic rings. The van der Waals surface area contributed by atoms with Crippen LogP contribution in [0.3, 0.4) is 0 Å². The van der Waals surface area contributed by atoms with Crippen LogP contribution < -0.4 is 10.2 Å². The average molecular weight is 385 g/mol. The zero-order valence-corrected chi connectivity index (χ0v) is 13.1. The zero-order chi connectivity index (χ0) is 16.8. The van der Waals surface area contributed by atoms with Crippen LogP contribution in [0.5, 0.6) is 11.5 Å². The predicted molar refractivity (Wildman–Crippen MR) is 83.9 cm³/mol. The van der Waals surface area contributed by atoms with Gasteiger partial charge in [-0.15, -0.1) is 0 Å². The number of alkyl halides is 2. The lowest BCUT2D eigenvalue weighted by Gasteiger charge is -2.05. The topological polar surface area (TPSA) is 70.9 Å². The van der Waals surface area contributed by atoms with Gasteiger partial charge >= 0.3 is 6.61 Å². The number of rotatable bonds is 5. The zero-order valence-electron chi connectivity index (χ0n) is 11.5. The minimum Gasteiger partial charge on any atom is -0.507 e. The first kappa shape index (κ1) is 16.9. The van der Waals surface area contributed by atoms with Crippen molar-refractivity contribution in [3.05, 3.63) is 58.1 Å². The van der Waals surface area contributed by atoms with Gasteiger partial charge in [-0.1, -0.05) is 15.9 Å². The lowest BCUT2D eigenvalue weighted by molar-refractivity contribution is -0.0498. The largest absolute Gasteiger partial charge is 0.507 e. The predicted octanol–water partition coefficient (Wildman–Crippen LogP) is 3.52. The van der Waals surface area contributed by atoms with Gasteiger partial charge in [0.1, 0.15) is 11.5 Å². The Hall–Kier alpha value is -2.48. The number of nitrogens with one attached hydrogen (secondary N) is 1. The number of phenols is 1. The van der Waals surface area contributed by atoms with Gasteiger partial charge in [0.2, 0.25) is 0 Å². The molecule has 0 bridgehead atoms. The number of hydrogen-bond acceptors (Lipinski definition) is 4. The number of benzene rings is 2. The van der Waals surface area contributed by atoms with Crippen LogP contribution in [0.1, 0.15) is 15.9 Å². The van der Waals surface area contributed by atoms with Crippen molar-refractivity contribution in [3.8, 4) is 11.5 Å². The van der Waals surface area contributed by atoms with E-state index in [1.54, 1.807) is 12.1 Å². The molecule has 2 aromatic carbocycles. The number of hydrazone groups is 1. The Bertz CT molecular complexity index is 721. The van der Waals surface area contributed by atoms with Gasteiger partial charge in [-0.2, -0.15) is 13.9 Å². The summed E-state index contributed by atoms with van der Waals surface area (Å²) in [5, 5.41) is 13.4. The summed E-state index contributed by atoms with van der Waals surface area (Å²) in [6.07, 6.45) is 1.29. The van der Waals surface area contributed by atoms with Gasteiger partial charge in [-0.3, -0.25) is 4.79 Å². The molecule has 0 aliphatic heterocycles. The number of ether oxygens (including phenoxy) is 1. The quantitative estimate of drug-likeness (QED) is 0.611. The van der Waals surface area contributed by atoms with Gasteiger partial charge in [0, 0.05) is 15.6 Å². The second-order valence-electron chi connectivity index (χ2n) is 4.31. The number of phenolic OH excluding ortho intramolecular Hbond substituents is 1. The first-order valence-corrected chi connectivity index (χ1v) is 7.12. The molecular weight excluding hydrogens is 374 g/mol. The maximum atomic E-state index is 12.0. The van der Waals surface area contributed by atoms with Crippen LogP contribution in [0, 0.1) is 0 Å². The van der Waals surface area contributed by atoms with Crippen molar-refractivity contribution in [2.75, 3.05) is 0 Å². The van der Waals surface area contributed by atoms with Gasteiger partial charge in [-0.05, 0) is 42.5 Å². The Balaban J connectivity index is 1.97. The van der Waals surface area contributed by atoms with Crippen molar-refractivity contribution in [1.82, 2.24) is 5.43 Å². The van der Waals surface area contributed by atoms with Gasteiger partial charge in [0.05, 0.1) is 6.21 Å². The maximum absolute atomic E-state index is 12.0. The molecular formula is C15H11BrF2N2O3. The van der Waals surface area contributed by atoms with E-state index in [1.807, 2.05) is 0 Å². The molecule has 8 heteroatoms. The van der Waals surface area contributed by atoms with Crippen molar-refractivity contribution in [2.45, 2.75) is 6.61 Å². The third kappa shape index (κ3) is 5.03. The standard InChI is InChI=1S/C15H11BrF2N2O3/c16-11-4-1-10(13(21)7-11)8-19-20-14(22)9-2-5-12(6-3-9)23-15(17)18/h1-8,15,21H,(H,20,22)/b19-8-. The Morgan fingerprint density at radius 2 is 1.96 bits per heavy atom. The lowest BCUT2D eigenvalue weighted by Crippen LogP contribution is -2.17. The third-order valence-corrected chi connectivity index (χ3v) is 3.20. The summed E-state index contributed by atoms with van der Waals surface area (Å²) in [5.41, 5.74) is 2.92. The first-order valence-electron chi connectivity index (χ1n) is 6.32. The second-order valence-corrected chi connectivity index (χ2v) is 5.22. The monoisotopic (exact) mass is 384 g/mol. The number of halogens is 3. The first-order chi connectivity index (χ1) is 11.0. The highest BCUT2D eigenvalue weighted by Gasteiger charge is 2.07. The molecule has 0 atom stereocenters. The van der Waals surface area contributed by atoms with Crippen LogP contribution in [-0.4, -0.2) is 23.8 Å². The van der Waals surface area contributed by atoms with Crippen molar-refractivity contribution in [2.24, 2.45) is 5.10 Å². The summed E-state index contributed by atoms with van der Waals surface area (Å²) in [6.45, 7) is -2.92. The summed E-state index contributed by atoms with van der Waals surface area (Å²) in [6, 6.07) is 10.00. The van der Waals surface area contributed by atoms with E-state index in [9.17, 15) is 18.7 Å². The molecule has 0 aliphatic carbocycles. The molecule has 0 spiro atoms. The van der Waals surface area contributed by atoms with Crippen LogP contribution in [0.4, 0.5) is 8.78 Å². The molecule has 2 N–H and O–H groups in total. The Morgan fingerprint density at radius 1 is 1.26 bits per heavy atom. The van der Waals surface area contributed by atoms with E-state index in [0.29, 0.717) is 10.0 Å². The van der Waals surface area contributed by atoms with E-state index in [0.717, 1.165) is 0 Å². The molecule has 2 rings (SSSR count). The van der Waals surface area contributed by atoms with Gasteiger partial charge in [0.15, 0.2) is 0 Å². The minimum absolute atomic E-state index is 0.00544. The number of carbonyl (C=O) groups excluding carboxylic acids is 1. The van der Waals surface area contributed by atoms with Crippen molar-refractivity contribution in [3.63, 3.8) is 0 Å². The average Bonchev–Trinajstić information content (AvgIpc) is 2.49. The Labute approximate surface area is 138 Å². The van der Waals surface area contributed by atoms with Crippen molar-refractivity contribution < 1.29 is 23.4 Å². The molecule has 23 heavy (non-hydrogen) atoms. The van der Waals surface area contributed by atoms with Gasteiger partial charge in [0.25, 0.3) is 5.91 Å². The second kappa shape index (κ2) is 7.68. The number of amides is 1. The lowest BCUT2D eigenvalue weighted by atomic mass is 10.2. The molecule has 5 nitrogen and oxygen atoms in total. The molecule has 0 heterocycles. The van der Waals surface area contributed by atoms with E-state index >= 15 is 0 Å². The summed E-state index contributed by atoms with van der Waals surface area (Å²) < 4.78 is 28.9. The minimum atomic E-state index is -2.92. The molecule has 0 aromatic heterocycles. The Morgan fingerprint density at radius 3 is 2.57 bits per heavy atom. The number of carbonyl (C=O) groups is 1. The molecule has 0 saturated carbocycles. The van der Waals surface area contributed by atoms with Crippen molar-refractivity contribution >= 4 is 28.1 Å². The van der Waals surface area contributed by atoms with E-state index in [-0.39, 0.29) is 17.1 Å². The van der Waals surface area contributed by atoms with Crippen LogP contribution in [0.25, 0.3) is 0 Å². The smallest absolute Gasteiger partial charge is 0.387 e. The fraction of sp³-hybridized carbons (Fsp3) is 0.0667. The van der Waals surface area contributed by atoms with Crippen LogP contribution in [0.15, 0.2) is 52.0 Å². The molecule has 0 radical (unpaired) electrons. The van der Waals surface area contributed by atoms with Crippen LogP contribution >= 0.6 is 15.9 Å². The summed E-state index contributed by atoms with van der Waals surface area (Å²) in [4.78, 5) is 11.8. The third-order valence-electron chi connectivity index (χ3n) is 2.70. The fourth-order valence-electron chi connectivity index (χ4n) is 1.64. The normalized spacial score (nSPS) is 11.0. The highest BCUT2D eigenvalue weighted by molar-refractivity contribution is 9.10. The van der Waals surface area contributed by atoms with Gasteiger partial charge in [-0.25, -0.2) is 5.43 Å². The summed E-state index contributed by atoms with van der Waals surface area (Å²) in [5.74, 6) is -0.563. The molecule has 2 aromatic rings. The number of nitrogens with zero attached hydrogens (tertiary/aromatic N) is 1.